The molecule has 0 unspecified atom stereocenters. The van der Waals surface area contributed by atoms with Gasteiger partial charge in [0, 0.05) is 29.3 Å². The smallest absolute Gasteiger partial charge is 0.411 e. The molecule has 3 N–H and O–H groups in total. The molecule has 0 saturated heterocycles. The number of nitrogens with zero attached hydrogens (tertiary/aromatic N) is 1. The normalized spacial score (nSPS) is 13.3. The SMILES string of the molecule is O=C(Nc1ccc2c(c1)N(C(=O)O)CCC2)c1c[nH]c2ccccc2c1=O. The molecule has 0 radical (unpaired) electrons. The van der Waals surface area contributed by atoms with E-state index in [9.17, 15) is 19.5 Å². The van der Waals surface area contributed by atoms with Gasteiger partial charge in [0.15, 0.2) is 0 Å². The lowest BCUT2D eigenvalue weighted by molar-refractivity contribution is 0.102. The molecule has 2 heterocycles. The van der Waals surface area contributed by atoms with Crippen molar-refractivity contribution in [1.82, 2.24) is 4.98 Å². The van der Waals surface area contributed by atoms with Gasteiger partial charge in [0.1, 0.15) is 5.56 Å². The van der Waals surface area contributed by atoms with Crippen LogP contribution in [0, 0.1) is 0 Å². The van der Waals surface area contributed by atoms with Gasteiger partial charge >= 0.3 is 6.09 Å². The number of H-pyrrole nitrogens is 1. The van der Waals surface area contributed by atoms with Crippen molar-refractivity contribution < 1.29 is 14.7 Å². The van der Waals surface area contributed by atoms with Crippen LogP contribution in [0.3, 0.4) is 0 Å². The first kappa shape index (κ1) is 16.8. The van der Waals surface area contributed by atoms with Crippen LogP contribution in [0.1, 0.15) is 22.3 Å². The maximum absolute atomic E-state index is 12.6. The molecule has 1 aliphatic heterocycles. The molecule has 0 fully saturated rings. The third kappa shape index (κ3) is 3.03. The topological polar surface area (TPSA) is 102 Å². The highest BCUT2D eigenvalue weighted by molar-refractivity contribution is 6.06. The van der Waals surface area contributed by atoms with E-state index in [-0.39, 0.29) is 11.0 Å². The highest BCUT2D eigenvalue weighted by Crippen LogP contribution is 2.30. The van der Waals surface area contributed by atoms with E-state index < -0.39 is 12.0 Å². The maximum atomic E-state index is 12.6. The van der Waals surface area contributed by atoms with Gasteiger partial charge in [0.2, 0.25) is 5.43 Å². The molecule has 136 valence electrons. The van der Waals surface area contributed by atoms with Gasteiger partial charge in [-0.1, -0.05) is 18.2 Å². The number of anilines is 2. The summed E-state index contributed by atoms with van der Waals surface area (Å²) in [6.07, 6.45) is 1.92. The molecule has 1 aliphatic rings. The Labute approximate surface area is 154 Å². The highest BCUT2D eigenvalue weighted by atomic mass is 16.4. The Bertz CT molecular complexity index is 1120. The molecular weight excluding hydrogens is 346 g/mol. The van der Waals surface area contributed by atoms with E-state index >= 15 is 0 Å². The van der Waals surface area contributed by atoms with E-state index in [0.29, 0.717) is 28.8 Å². The minimum absolute atomic E-state index is 0.00140. The van der Waals surface area contributed by atoms with Crippen LogP contribution >= 0.6 is 0 Å². The van der Waals surface area contributed by atoms with Gasteiger partial charge in [-0.15, -0.1) is 0 Å². The van der Waals surface area contributed by atoms with E-state index in [1.165, 1.54) is 11.1 Å². The summed E-state index contributed by atoms with van der Waals surface area (Å²) in [5, 5.41) is 12.5. The Kier molecular flexibility index (Phi) is 4.12. The number of amides is 2. The number of benzene rings is 2. The molecule has 2 aromatic carbocycles. The van der Waals surface area contributed by atoms with Crippen LogP contribution in [0.15, 0.2) is 53.5 Å². The fourth-order valence-electron chi connectivity index (χ4n) is 3.39. The summed E-state index contributed by atoms with van der Waals surface area (Å²) >= 11 is 0. The van der Waals surface area contributed by atoms with Gasteiger partial charge in [-0.2, -0.15) is 0 Å². The largest absolute Gasteiger partial charge is 0.465 e. The summed E-state index contributed by atoms with van der Waals surface area (Å²) in [7, 11) is 0. The number of aryl methyl sites for hydroxylation is 1. The zero-order chi connectivity index (χ0) is 19.0. The lowest BCUT2D eigenvalue weighted by atomic mass is 10.0. The first-order valence-electron chi connectivity index (χ1n) is 8.60. The highest BCUT2D eigenvalue weighted by Gasteiger charge is 2.22. The minimum Gasteiger partial charge on any atom is -0.465 e. The van der Waals surface area contributed by atoms with Gasteiger partial charge < -0.3 is 15.4 Å². The minimum atomic E-state index is -1.02. The summed E-state index contributed by atoms with van der Waals surface area (Å²) in [5.74, 6) is -0.542. The van der Waals surface area contributed by atoms with Crippen LogP contribution in [0.25, 0.3) is 10.9 Å². The van der Waals surface area contributed by atoms with Crippen LogP contribution in [0.2, 0.25) is 0 Å². The lowest BCUT2D eigenvalue weighted by Crippen LogP contribution is -2.34. The number of fused-ring (bicyclic) bond motifs is 2. The van der Waals surface area contributed by atoms with Crippen LogP contribution < -0.4 is 15.6 Å². The Balaban J connectivity index is 1.66. The molecule has 0 aliphatic carbocycles. The van der Waals surface area contributed by atoms with Crippen molar-refractivity contribution in [2.24, 2.45) is 0 Å². The van der Waals surface area contributed by atoms with Gasteiger partial charge in [-0.25, -0.2) is 4.79 Å². The summed E-state index contributed by atoms with van der Waals surface area (Å²) in [5.41, 5.74) is 2.24. The van der Waals surface area contributed by atoms with E-state index in [2.05, 4.69) is 10.3 Å². The Hall–Kier alpha value is -3.61. The second-order valence-electron chi connectivity index (χ2n) is 6.41. The zero-order valence-corrected chi connectivity index (χ0v) is 14.4. The average molecular weight is 363 g/mol. The van der Waals surface area contributed by atoms with Gasteiger partial charge in [-0.3, -0.25) is 14.5 Å². The van der Waals surface area contributed by atoms with Crippen LogP contribution in [-0.2, 0) is 6.42 Å². The number of hydrogen-bond acceptors (Lipinski definition) is 3. The number of aromatic amines is 1. The summed E-state index contributed by atoms with van der Waals surface area (Å²) in [4.78, 5) is 40.8. The monoisotopic (exact) mass is 363 g/mol. The Morgan fingerprint density at radius 1 is 1.15 bits per heavy atom. The standard InChI is InChI=1S/C20H17N3O4/c24-18-14-5-1-2-6-16(14)21-11-15(18)19(25)22-13-8-7-12-4-3-9-23(20(26)27)17(12)10-13/h1-2,5-8,10-11H,3-4,9H2,(H,21,24)(H,22,25)(H,26,27). The molecule has 27 heavy (non-hydrogen) atoms. The second-order valence-corrected chi connectivity index (χ2v) is 6.41. The number of aromatic nitrogens is 1. The lowest BCUT2D eigenvalue weighted by Gasteiger charge is -2.27. The molecule has 0 spiro atoms. The number of hydrogen-bond donors (Lipinski definition) is 3. The quantitative estimate of drug-likeness (QED) is 0.650. The van der Waals surface area contributed by atoms with Gasteiger partial charge in [-0.05, 0) is 42.7 Å². The molecule has 2 amide bonds. The molecular formula is C20H17N3O4. The van der Waals surface area contributed by atoms with Crippen LogP contribution in [0.5, 0.6) is 0 Å². The number of para-hydroxylation sites is 1. The molecule has 1 aromatic heterocycles. The van der Waals surface area contributed by atoms with Crippen molar-refractivity contribution in [3.63, 3.8) is 0 Å². The predicted octanol–water partition coefficient (Wildman–Crippen LogP) is 3.21. The van der Waals surface area contributed by atoms with Gasteiger partial charge in [0.05, 0.1) is 5.69 Å². The average Bonchev–Trinajstić information content (AvgIpc) is 2.67. The first-order chi connectivity index (χ1) is 13.0. The second kappa shape index (κ2) is 6.60. The summed E-state index contributed by atoms with van der Waals surface area (Å²) in [6.45, 7) is 0.421. The number of carboxylic acid groups (broad SMARTS) is 1. The fourth-order valence-corrected chi connectivity index (χ4v) is 3.39. The molecule has 3 aromatic rings. The maximum Gasteiger partial charge on any atom is 0.411 e. The summed E-state index contributed by atoms with van der Waals surface area (Å²) in [6, 6.07) is 12.1. The molecule has 4 rings (SSSR count). The third-order valence-corrected chi connectivity index (χ3v) is 4.73. The number of carbonyl (C=O) groups excluding carboxylic acids is 1. The van der Waals surface area contributed by atoms with E-state index in [4.69, 9.17) is 0 Å². The van der Waals surface area contributed by atoms with E-state index in [1.807, 2.05) is 6.07 Å². The zero-order valence-electron chi connectivity index (χ0n) is 14.4. The molecule has 7 nitrogen and oxygen atoms in total. The van der Waals surface area contributed by atoms with Gasteiger partial charge in [0.25, 0.3) is 5.91 Å². The van der Waals surface area contributed by atoms with E-state index in [1.54, 1.807) is 36.4 Å². The molecule has 0 bridgehead atoms. The number of nitrogens with one attached hydrogen (secondary N) is 2. The number of carbonyl (C=O) groups is 2. The number of pyridine rings is 1. The predicted molar refractivity (Wildman–Crippen MR) is 103 cm³/mol. The Morgan fingerprint density at radius 2 is 1.96 bits per heavy atom. The molecule has 7 heteroatoms. The first-order valence-corrected chi connectivity index (χ1v) is 8.60. The van der Waals surface area contributed by atoms with Crippen molar-refractivity contribution in [2.75, 3.05) is 16.8 Å². The van der Waals surface area contributed by atoms with Crippen molar-refractivity contribution >= 4 is 34.3 Å². The van der Waals surface area contributed by atoms with Crippen molar-refractivity contribution in [3.05, 3.63) is 70.0 Å². The molecule has 0 saturated carbocycles. The van der Waals surface area contributed by atoms with Crippen LogP contribution in [-0.4, -0.2) is 28.6 Å². The molecule has 0 atom stereocenters. The van der Waals surface area contributed by atoms with Crippen molar-refractivity contribution in [3.8, 4) is 0 Å². The Morgan fingerprint density at radius 3 is 2.78 bits per heavy atom. The van der Waals surface area contributed by atoms with Crippen molar-refractivity contribution in [2.45, 2.75) is 12.8 Å². The fraction of sp³-hybridized carbons (Fsp3) is 0.150. The van der Waals surface area contributed by atoms with Crippen molar-refractivity contribution in [1.29, 1.82) is 0 Å². The third-order valence-electron chi connectivity index (χ3n) is 4.73. The number of rotatable bonds is 2. The summed E-state index contributed by atoms with van der Waals surface area (Å²) < 4.78 is 0. The van der Waals surface area contributed by atoms with E-state index in [0.717, 1.165) is 18.4 Å². The van der Waals surface area contributed by atoms with Crippen LogP contribution in [0.4, 0.5) is 16.2 Å².